The topological polar surface area (TPSA) is 248 Å². The zero-order valence-electron chi connectivity index (χ0n) is 31.0. The van der Waals surface area contributed by atoms with E-state index >= 15 is 0 Å². The third-order valence-corrected chi connectivity index (χ3v) is 11.4. The first-order chi connectivity index (χ1) is 26.6. The molecule has 16 heteroatoms. The summed E-state index contributed by atoms with van der Waals surface area (Å²) in [5.41, 5.74) is -9.12. The molecule has 6 N–H and O–H groups in total. The van der Waals surface area contributed by atoms with E-state index in [0.717, 1.165) is 18.7 Å². The van der Waals surface area contributed by atoms with E-state index in [2.05, 4.69) is 10.3 Å². The number of aliphatic hydroxyl groups excluding tert-OH is 2. The van der Waals surface area contributed by atoms with Crippen molar-refractivity contribution in [2.75, 3.05) is 21.3 Å². The Morgan fingerprint density at radius 3 is 2.27 bits per heavy atom. The zero-order valence-corrected chi connectivity index (χ0v) is 31.0. The highest BCUT2D eigenvalue weighted by atomic mass is 16.6. The summed E-state index contributed by atoms with van der Waals surface area (Å²) in [6, 6.07) is 11.1. The van der Waals surface area contributed by atoms with Crippen molar-refractivity contribution in [3.8, 4) is 11.5 Å². The average Bonchev–Trinajstić information content (AvgIpc) is 3.15. The predicted octanol–water partition coefficient (Wildman–Crippen LogP) is 1.25. The first-order valence-corrected chi connectivity index (χ1v) is 17.8. The molecule has 4 aliphatic rings. The van der Waals surface area contributed by atoms with Crippen LogP contribution >= 0.6 is 0 Å². The second kappa shape index (κ2) is 14.1. The van der Waals surface area contributed by atoms with Crippen LogP contribution in [0.4, 0.5) is 0 Å². The summed E-state index contributed by atoms with van der Waals surface area (Å²) in [4.78, 5) is 75.1. The van der Waals surface area contributed by atoms with Crippen molar-refractivity contribution in [2.24, 2.45) is 4.99 Å². The third-order valence-electron chi connectivity index (χ3n) is 11.4. The molecule has 1 unspecified atom stereocenters. The Morgan fingerprint density at radius 1 is 0.946 bits per heavy atom. The van der Waals surface area contributed by atoms with Gasteiger partial charge in [-0.3, -0.25) is 29.0 Å². The van der Waals surface area contributed by atoms with Gasteiger partial charge in [-0.15, -0.1) is 0 Å². The summed E-state index contributed by atoms with van der Waals surface area (Å²) >= 11 is 0. The van der Waals surface area contributed by atoms with Gasteiger partial charge in [-0.25, -0.2) is 0 Å². The number of fused-ring (bicyclic) bond motifs is 5. The molecular weight excluding hydrogens is 732 g/mol. The zero-order chi connectivity index (χ0) is 40.6. The highest BCUT2D eigenvalue weighted by Crippen LogP contribution is 2.56. The number of rotatable bonds is 7. The highest BCUT2D eigenvalue weighted by Gasteiger charge is 2.72. The molecular formula is C40H40N2O14. The number of ether oxygens (including phenoxy) is 4. The van der Waals surface area contributed by atoms with Crippen molar-refractivity contribution in [2.45, 2.75) is 81.2 Å². The molecule has 7 rings (SSSR count). The number of nitrogens with one attached hydrogen (secondary N) is 1. The van der Waals surface area contributed by atoms with Gasteiger partial charge in [-0.2, -0.15) is 0 Å². The first-order valence-electron chi connectivity index (χ1n) is 17.8. The number of phenols is 2. The van der Waals surface area contributed by atoms with Gasteiger partial charge in [0.1, 0.15) is 29.8 Å². The lowest BCUT2D eigenvalue weighted by atomic mass is 9.56. The molecule has 16 nitrogen and oxygen atoms in total. The number of carbonyl (C=O) groups is 5. The van der Waals surface area contributed by atoms with E-state index in [1.54, 1.807) is 37.3 Å². The third kappa shape index (κ3) is 5.39. The lowest BCUT2D eigenvalue weighted by Gasteiger charge is -2.53. The molecule has 1 fully saturated rings. The molecule has 1 saturated heterocycles. The van der Waals surface area contributed by atoms with E-state index in [0.29, 0.717) is 0 Å². The van der Waals surface area contributed by atoms with E-state index in [1.807, 2.05) is 0 Å². The Kier molecular flexibility index (Phi) is 9.81. The van der Waals surface area contributed by atoms with Crippen molar-refractivity contribution in [3.05, 3.63) is 92.5 Å². The summed E-state index contributed by atoms with van der Waals surface area (Å²) in [5.74, 6) is -7.21. The van der Waals surface area contributed by atoms with Crippen LogP contribution in [0.2, 0.25) is 0 Å². The van der Waals surface area contributed by atoms with E-state index in [9.17, 15) is 49.5 Å². The Labute approximate surface area is 319 Å². The van der Waals surface area contributed by atoms with Crippen LogP contribution in [0.1, 0.15) is 87.4 Å². The van der Waals surface area contributed by atoms with Crippen molar-refractivity contribution in [3.63, 3.8) is 0 Å². The molecule has 294 valence electrons. The fourth-order valence-corrected chi connectivity index (χ4v) is 8.69. The SMILES string of the molecule is CO[C@@H]1[C@@H](O)[C@@H](OC)C(N=C2CC(=O)c3c(cc4c(c3O)C(=O)[C@]3(OC)[C@H](O)Cc5cc(C)c(C(=O)NCc6ccccc6)c(O)c5[C@]3(O)C4=O)C2=O)O[C@H]1C. The van der Waals surface area contributed by atoms with Crippen molar-refractivity contribution in [1.29, 1.82) is 0 Å². The Hall–Kier alpha value is -5.20. The molecule has 3 aromatic carbocycles. The lowest BCUT2D eigenvalue weighted by Crippen LogP contribution is -2.73. The number of Topliss-reactive ketones (excluding diaryl/α,β-unsaturated/α-hetero) is 4. The fourth-order valence-electron chi connectivity index (χ4n) is 8.69. The van der Waals surface area contributed by atoms with E-state index < -0.39 is 129 Å². The number of nitrogens with zero attached hydrogens (tertiary/aromatic N) is 1. The summed E-state index contributed by atoms with van der Waals surface area (Å²) in [6.07, 6.45) is -8.26. The number of methoxy groups -OCH3 is 3. The summed E-state index contributed by atoms with van der Waals surface area (Å²) in [6.45, 7) is 3.17. The maximum Gasteiger partial charge on any atom is 0.255 e. The molecule has 0 spiro atoms. The first kappa shape index (κ1) is 39.1. The second-order valence-corrected chi connectivity index (χ2v) is 14.3. The molecule has 1 aliphatic heterocycles. The Morgan fingerprint density at radius 2 is 1.62 bits per heavy atom. The predicted molar refractivity (Wildman–Crippen MR) is 193 cm³/mol. The van der Waals surface area contributed by atoms with E-state index in [-0.39, 0.29) is 28.9 Å². The largest absolute Gasteiger partial charge is 0.507 e. The van der Waals surface area contributed by atoms with Gasteiger partial charge < -0.3 is 49.8 Å². The molecule has 0 radical (unpaired) electrons. The molecule has 0 aromatic heterocycles. The van der Waals surface area contributed by atoms with Crippen LogP contribution in [-0.2, 0) is 37.5 Å². The van der Waals surface area contributed by atoms with Gasteiger partial charge in [0.2, 0.25) is 17.3 Å². The molecule has 8 atom stereocenters. The molecule has 1 heterocycles. The quantitative estimate of drug-likeness (QED) is 0.198. The number of hydrogen-bond donors (Lipinski definition) is 6. The minimum atomic E-state index is -3.24. The Bertz CT molecular complexity index is 2240. The van der Waals surface area contributed by atoms with Crippen LogP contribution in [-0.4, -0.2) is 124 Å². The minimum absolute atomic E-state index is 0.0158. The van der Waals surface area contributed by atoms with Crippen molar-refractivity contribution >= 4 is 34.8 Å². The van der Waals surface area contributed by atoms with Gasteiger partial charge in [0, 0.05) is 51.0 Å². The number of aliphatic imine (C=N–C) groups is 1. The number of aromatic hydroxyl groups is 2. The van der Waals surface area contributed by atoms with Crippen LogP contribution in [0.25, 0.3) is 0 Å². The smallest absolute Gasteiger partial charge is 0.255 e. The fraction of sp³-hybridized carbons (Fsp3) is 0.400. The van der Waals surface area contributed by atoms with Gasteiger partial charge in [0.25, 0.3) is 5.91 Å². The normalized spacial score (nSPS) is 30.4. The lowest BCUT2D eigenvalue weighted by molar-refractivity contribution is -0.228. The number of benzene rings is 3. The number of carbonyl (C=O) groups excluding carboxylic acids is 5. The second-order valence-electron chi connectivity index (χ2n) is 14.3. The van der Waals surface area contributed by atoms with E-state index in [4.69, 9.17) is 18.9 Å². The minimum Gasteiger partial charge on any atom is -0.507 e. The molecule has 3 aromatic rings. The van der Waals surface area contributed by atoms with E-state index in [1.165, 1.54) is 27.2 Å². The van der Waals surface area contributed by atoms with Gasteiger partial charge in [0.15, 0.2) is 23.2 Å². The van der Waals surface area contributed by atoms with Crippen molar-refractivity contribution in [1.82, 2.24) is 5.32 Å². The maximum atomic E-state index is 14.8. The molecule has 0 bridgehead atoms. The Balaban J connectivity index is 1.36. The van der Waals surface area contributed by atoms with Crippen LogP contribution in [0.15, 0.2) is 47.5 Å². The number of amides is 1. The van der Waals surface area contributed by atoms with Crippen LogP contribution < -0.4 is 5.32 Å². The standard InChI is InChI=1S/C40H40N2O14/c1-16-11-19-12-24(44)40(55-5)36(50)27-21(35(49)39(40,52)28(19)31(47)25(16)37(51)41-15-18-9-7-6-8-10-18)13-20-26(30(27)46)23(43)14-22(29(20)45)42-38-34(54-4)32(48)33(53-3)17(2)56-38/h6-11,13,17,24,32-34,38,44,46-48,52H,12,14-15H2,1-5H3,(H,41,51)/t17-,24+,32+,33-,34+,38?,39-,40+/m0/s1. The number of phenolic OH excluding ortho intramolecular Hbond substituents is 2. The van der Waals surface area contributed by atoms with Crippen LogP contribution in [0, 0.1) is 6.92 Å². The monoisotopic (exact) mass is 772 g/mol. The number of aliphatic hydroxyl groups is 3. The van der Waals surface area contributed by atoms with Gasteiger partial charge in [-0.1, -0.05) is 36.4 Å². The van der Waals surface area contributed by atoms with Crippen molar-refractivity contribution < 1.29 is 68.5 Å². The van der Waals surface area contributed by atoms with Gasteiger partial charge >= 0.3 is 0 Å². The summed E-state index contributed by atoms with van der Waals surface area (Å²) < 4.78 is 22.2. The van der Waals surface area contributed by atoms with Crippen LogP contribution in [0.5, 0.6) is 11.5 Å². The summed E-state index contributed by atoms with van der Waals surface area (Å²) in [5, 5.41) is 61.3. The maximum absolute atomic E-state index is 14.8. The van der Waals surface area contributed by atoms with Gasteiger partial charge in [0.05, 0.1) is 41.0 Å². The molecule has 0 saturated carbocycles. The molecule has 56 heavy (non-hydrogen) atoms. The number of aryl methyl sites for hydroxylation is 1. The highest BCUT2D eigenvalue weighted by molar-refractivity contribution is 6.53. The summed E-state index contributed by atoms with van der Waals surface area (Å²) in [7, 11) is 3.60. The molecule has 3 aliphatic carbocycles. The number of hydrogen-bond acceptors (Lipinski definition) is 15. The molecule has 1 amide bonds. The van der Waals surface area contributed by atoms with Gasteiger partial charge in [-0.05, 0) is 36.6 Å². The average molecular weight is 773 g/mol. The van der Waals surface area contributed by atoms with Crippen LogP contribution in [0.3, 0.4) is 0 Å². The number of ketones is 4.